The molecule has 0 radical (unpaired) electrons. The van der Waals surface area contributed by atoms with E-state index in [9.17, 15) is 4.79 Å². The average molecular weight is 1720 g/mol. The van der Waals surface area contributed by atoms with Crippen LogP contribution in [0.25, 0.3) is 0 Å². The number of ether oxygens (including phenoxy) is 1. The number of hydrogen-bond donors (Lipinski definition) is 0. The molecule has 12 rings (SSSR count). The van der Waals surface area contributed by atoms with Gasteiger partial charge >= 0.3 is 149 Å². The summed E-state index contributed by atoms with van der Waals surface area (Å²) in [5.74, 6) is -0.366. The van der Waals surface area contributed by atoms with E-state index in [1.807, 2.05) is 112 Å². The van der Waals surface area contributed by atoms with Crippen molar-refractivity contribution in [2.24, 2.45) is 0 Å². The maximum Gasteiger partial charge on any atom is 0.651 e. The number of allylic oxidation sites excluding steroid dienone is 1. The highest BCUT2D eigenvalue weighted by Crippen LogP contribution is 2.52. The Morgan fingerprint density at radius 1 is 0.304 bits per heavy atom. The van der Waals surface area contributed by atoms with Gasteiger partial charge < -0.3 is 136 Å². The summed E-state index contributed by atoms with van der Waals surface area (Å²) in [4.78, 5) is 10.5. The predicted molar refractivity (Wildman–Crippen MR) is 377 cm³/mol. The molecule has 0 aromatic rings. The third kappa shape index (κ3) is 20.5. The fourth-order valence-electron chi connectivity index (χ4n) is 10.0. The van der Waals surface area contributed by atoms with Gasteiger partial charge in [0.05, 0.1) is 0 Å². The van der Waals surface area contributed by atoms with Crippen LogP contribution in [0.5, 0.6) is 0 Å². The fourth-order valence-corrected chi connectivity index (χ4v) is 117. The van der Waals surface area contributed by atoms with E-state index in [0.29, 0.717) is 5.57 Å². The Morgan fingerprint density at radius 2 is 0.424 bits per heavy atom. The van der Waals surface area contributed by atoms with Gasteiger partial charge in [-0.3, -0.25) is 0 Å². The van der Waals surface area contributed by atoms with Crippen LogP contribution in [0.3, 0.4) is 0 Å². The van der Waals surface area contributed by atoms with Crippen LogP contribution >= 0.6 is 0 Å². The molecule has 532 valence electrons. The van der Waals surface area contributed by atoms with E-state index in [0.717, 1.165) is 0 Å². The molecule has 92 heavy (non-hydrogen) atoms. The quantitative estimate of drug-likeness (QED) is 0.0776. The van der Waals surface area contributed by atoms with Gasteiger partial charge in [0.1, 0.15) is 6.61 Å². The van der Waals surface area contributed by atoms with Crippen LogP contribution in [0.15, 0.2) is 37.5 Å². The van der Waals surface area contributed by atoms with Gasteiger partial charge in [-0.2, -0.15) is 0 Å². The normalized spacial score (nSPS) is 44.8. The smallest absolute Gasteiger partial charge is 0.458 e. The number of carbonyl (C=O) groups is 1. The minimum Gasteiger partial charge on any atom is -0.458 e. The van der Waals surface area contributed by atoms with Gasteiger partial charge in [-0.05, 0) is 119 Å². The fraction of sp³-hybridized carbons (Fsp3) is 0.794. The van der Waals surface area contributed by atoms with Crippen molar-refractivity contribution in [3.8, 4) is 0 Å². The highest BCUT2D eigenvalue weighted by atomic mass is 28.7. The Labute approximate surface area is 572 Å². The van der Waals surface area contributed by atoms with Crippen LogP contribution in [0, 0.1) is 0 Å². The summed E-state index contributed by atoms with van der Waals surface area (Å²) in [6.45, 7) is 58.7. The van der Waals surface area contributed by atoms with E-state index >= 15 is 0 Å². The Balaban J connectivity index is 0.000000247. The molecule has 12 saturated heterocycles. The number of rotatable bonds is 19. The van der Waals surface area contributed by atoms with E-state index in [1.165, 1.54) is 6.08 Å². The molecule has 0 aromatic heterocycles. The number of esters is 1. The van der Waals surface area contributed by atoms with Crippen molar-refractivity contribution in [1.82, 2.24) is 0 Å². The molecule has 12 aliphatic rings. The SMILES string of the molecule is C=CC.C=CCOC(=O)C(=C)C.C[SiH](C)O[Si]12O[Si]3(O[SiH](C)C)O[Si]4(O[SiH](C)C)O[Si](O[SiH](C)C)(O1)O[Si]1(O[SiH](C)C)O[Si](O[SiH](C)C)(O2)O[Si](O[SiH](C)C)(O3)O[Si](O[SiH](C)C)(O4)O1.C[Si]12O[Si]3(C)O[Si]4(C)O[Si](C)(O1)O[Si]1(C)O[Si](C)(O2)O[Si](C)(O3)O[Si](C)(O4)O1. The van der Waals surface area contributed by atoms with Crippen molar-refractivity contribution < 1.29 is 141 Å². The minimum absolute atomic E-state index is 0.256. The van der Waals surface area contributed by atoms with Gasteiger partial charge in [0.2, 0.25) is 0 Å². The molecule has 58 heteroatoms. The van der Waals surface area contributed by atoms with E-state index in [2.05, 4.69) is 24.5 Å². The predicted octanol–water partition coefficient (Wildman–Crippen LogP) is 3.03. The molecule has 0 N–H and O–H groups in total. The third-order valence-electron chi connectivity index (χ3n) is 11.2. The van der Waals surface area contributed by atoms with Crippen molar-refractivity contribution in [3.63, 3.8) is 0 Å². The summed E-state index contributed by atoms with van der Waals surface area (Å²) in [6, 6.07) is 0. The molecule has 0 atom stereocenters. The maximum absolute atomic E-state index is 10.5. The van der Waals surface area contributed by atoms with Gasteiger partial charge in [0.25, 0.3) is 0 Å². The molecule has 0 unspecified atom stereocenters. The van der Waals surface area contributed by atoms with Crippen LogP contribution in [0.2, 0.25) is 157 Å². The summed E-state index contributed by atoms with van der Waals surface area (Å²) < 4.78 is 220. The second-order valence-corrected chi connectivity index (χ2v) is 90.5. The van der Waals surface area contributed by atoms with E-state index in [4.69, 9.17) is 132 Å². The van der Waals surface area contributed by atoms with Crippen LogP contribution < -0.4 is 0 Å². The summed E-state index contributed by atoms with van der Waals surface area (Å²) in [7, 11) is -82.5. The zero-order valence-electron chi connectivity index (χ0n) is 57.5. The lowest BCUT2D eigenvalue weighted by Crippen LogP contribution is -2.92. The molecule has 34 nitrogen and oxygen atoms in total. The van der Waals surface area contributed by atoms with Crippen molar-refractivity contribution in [2.45, 2.75) is 171 Å². The molecule has 12 fully saturated rings. The molecular weight excluding hydrogens is 1630 g/mol. The van der Waals surface area contributed by atoms with Crippen LogP contribution in [-0.2, 0) is 141 Å². The van der Waals surface area contributed by atoms with Gasteiger partial charge in [0, 0.05) is 57.9 Å². The lowest BCUT2D eigenvalue weighted by molar-refractivity contribution is -0.138. The third-order valence-corrected chi connectivity index (χ3v) is 95.1. The molecule has 12 aliphatic heterocycles. The van der Waals surface area contributed by atoms with Crippen LogP contribution in [0.4, 0.5) is 0 Å². The largest absolute Gasteiger partial charge is 0.651 e. The molecule has 0 amide bonds. The standard InChI is InChI=1S/C16H56O20Si16.C8H24O12Si8.C7H10O2.C3H6/c1-37(2)17-45-25-46(18-38(3)4)28-49(21-41(9)10)30-47(26-45,19-39(5)6)32-51(23-43(13)14)33-48(27-45,20-40(7)8)31-50(29-46,22-42(11)12)35-52(34-49,36-51)24-44(15)16;1-21-9-22(2)12-25(5)14-23(3,10-21)16-27(7)17-24(4,11-21)15-26(6,13-22)19-28(8,18-25)20-27;1-4-5-9-7(8)6(2)3;1-3-2/h37-44H,1-16H3;1-8H3;4H,1-2,5H2,3H3;3H,1H2,2H3. The summed E-state index contributed by atoms with van der Waals surface area (Å²) >= 11 is 0. The van der Waals surface area contributed by atoms with Gasteiger partial charge in [-0.25, -0.2) is 4.79 Å². The van der Waals surface area contributed by atoms with Gasteiger partial charge in [-0.15, -0.1) is 6.58 Å². The van der Waals surface area contributed by atoms with E-state index in [-0.39, 0.29) is 12.6 Å². The first kappa shape index (κ1) is 81.9. The van der Waals surface area contributed by atoms with E-state index in [1.54, 1.807) is 65.4 Å². The Kier molecular flexibility index (Phi) is 26.4. The maximum atomic E-state index is 10.5. The topological polar surface area (TPSA) is 322 Å². The molecule has 0 saturated carbocycles. The van der Waals surface area contributed by atoms with Crippen LogP contribution in [0.1, 0.15) is 13.8 Å². The Hall–Kier alpha value is 2.62. The van der Waals surface area contributed by atoms with Crippen molar-refractivity contribution >= 4 is 221 Å². The first-order valence-corrected chi connectivity index (χ1v) is 83.3. The van der Waals surface area contributed by atoms with Crippen molar-refractivity contribution in [3.05, 3.63) is 37.5 Å². The van der Waals surface area contributed by atoms with E-state index < -0.39 is 215 Å². The second-order valence-electron chi connectivity index (χ2n) is 24.8. The zero-order chi connectivity index (χ0) is 69.2. The average Bonchev–Trinajstić information content (AvgIpc) is 0.696. The molecule has 0 spiro atoms. The zero-order valence-corrected chi connectivity index (χ0v) is 82.7. The Bertz CT molecular complexity index is 2050. The summed E-state index contributed by atoms with van der Waals surface area (Å²) in [5.41, 5.74) is 0.414. The first-order valence-electron chi connectivity index (χ1n) is 30.2. The highest BCUT2D eigenvalue weighted by Gasteiger charge is 2.91. The van der Waals surface area contributed by atoms with Gasteiger partial charge in [0.15, 0.2) is 72.3 Å². The monoisotopic (exact) mass is 1720 g/mol. The molecule has 12 heterocycles. The summed E-state index contributed by atoms with van der Waals surface area (Å²) in [5, 5.41) is 0. The second kappa shape index (κ2) is 29.6. The molecule has 16 bridgehead atoms. The lowest BCUT2D eigenvalue weighted by atomic mass is 10.4. The van der Waals surface area contributed by atoms with Crippen LogP contribution in [-0.4, -0.2) is 228 Å². The molecule has 0 aliphatic carbocycles. The summed E-state index contributed by atoms with van der Waals surface area (Å²) in [6.07, 6.45) is 3.26. The number of hydrogen-bond acceptors (Lipinski definition) is 34. The molecule has 0 aromatic carbocycles. The highest BCUT2D eigenvalue weighted by molar-refractivity contribution is 7.04. The Morgan fingerprint density at radius 3 is 0.511 bits per heavy atom. The molecular formula is C34H96O34Si24. The first-order chi connectivity index (χ1) is 41.9. The van der Waals surface area contributed by atoms with Crippen molar-refractivity contribution in [2.75, 3.05) is 6.61 Å². The van der Waals surface area contributed by atoms with Crippen molar-refractivity contribution in [1.29, 1.82) is 0 Å². The minimum atomic E-state index is -4.76. The number of carbonyl (C=O) groups excluding carboxylic acids is 1. The van der Waals surface area contributed by atoms with Gasteiger partial charge in [-0.1, -0.05) is 25.3 Å². The lowest BCUT2D eigenvalue weighted by Gasteiger charge is -2.60.